The molecule has 2 N–H and O–H groups in total. The lowest BCUT2D eigenvalue weighted by Gasteiger charge is -2.18. The maximum atomic E-state index is 11.3. The monoisotopic (exact) mass is 199 g/mol. The van der Waals surface area contributed by atoms with Gasteiger partial charge in [-0.15, -0.1) is 9.36 Å². The molecule has 1 aromatic heterocycles. The van der Waals surface area contributed by atoms with E-state index < -0.39 is 5.60 Å². The van der Waals surface area contributed by atoms with Gasteiger partial charge in [-0.25, -0.2) is 4.79 Å². The van der Waals surface area contributed by atoms with Crippen molar-refractivity contribution < 1.29 is 14.2 Å². The van der Waals surface area contributed by atoms with Gasteiger partial charge in [-0.1, -0.05) is 0 Å². The summed E-state index contributed by atoms with van der Waals surface area (Å²) in [5, 5.41) is 3.84. The highest BCUT2D eigenvalue weighted by Gasteiger charge is 2.19. The van der Waals surface area contributed by atoms with Crippen LogP contribution in [0.3, 0.4) is 0 Å². The maximum Gasteiger partial charge on any atom is 0.344 e. The van der Waals surface area contributed by atoms with Crippen molar-refractivity contribution in [2.24, 2.45) is 0 Å². The lowest BCUT2D eigenvalue weighted by atomic mass is 10.2. The minimum Gasteiger partial charge on any atom is -0.458 e. The van der Waals surface area contributed by atoms with E-state index in [1.807, 2.05) is 20.8 Å². The van der Waals surface area contributed by atoms with Crippen LogP contribution < -0.4 is 10.5 Å². The van der Waals surface area contributed by atoms with Crippen LogP contribution in [0, 0.1) is 0 Å². The molecule has 0 bridgehead atoms. The molecule has 14 heavy (non-hydrogen) atoms. The highest BCUT2D eigenvalue weighted by molar-refractivity contribution is 5.69. The van der Waals surface area contributed by atoms with Gasteiger partial charge in [0.15, 0.2) is 0 Å². The highest BCUT2D eigenvalue weighted by atomic mass is 16.6. The van der Waals surface area contributed by atoms with Crippen molar-refractivity contribution in [1.29, 1.82) is 0 Å². The van der Waals surface area contributed by atoms with Crippen molar-refractivity contribution in [3.05, 3.63) is 12.7 Å². The Bertz CT molecular complexity index is 326. The highest BCUT2D eigenvalue weighted by Crippen LogP contribution is 2.06. The van der Waals surface area contributed by atoms with E-state index in [1.54, 1.807) is 0 Å². The van der Waals surface area contributed by atoms with Crippen molar-refractivity contribution >= 4 is 5.97 Å². The quantitative estimate of drug-likeness (QED) is 0.385. The lowest BCUT2D eigenvalue weighted by molar-refractivity contribution is -0.639. The molecule has 6 heteroatoms. The van der Waals surface area contributed by atoms with Gasteiger partial charge in [0.2, 0.25) is 12.9 Å². The van der Waals surface area contributed by atoms with Gasteiger partial charge in [-0.3, -0.25) is 5.84 Å². The molecular weight excluding hydrogens is 184 g/mol. The number of carbonyl (C=O) groups is 1. The van der Waals surface area contributed by atoms with Crippen LogP contribution in [-0.2, 0) is 16.1 Å². The summed E-state index contributed by atoms with van der Waals surface area (Å²) in [7, 11) is 0. The molecule has 0 aliphatic rings. The first-order valence-electron chi connectivity index (χ1n) is 4.27. The Hall–Kier alpha value is -1.59. The molecule has 0 radical (unpaired) electrons. The van der Waals surface area contributed by atoms with Gasteiger partial charge in [0.1, 0.15) is 5.60 Å². The van der Waals surface area contributed by atoms with Gasteiger partial charge in [-0.2, -0.15) is 0 Å². The fraction of sp³-hybridized carbons (Fsp3) is 0.625. The number of hydrogen-bond acceptors (Lipinski definition) is 4. The fourth-order valence-corrected chi connectivity index (χ4v) is 0.927. The van der Waals surface area contributed by atoms with Gasteiger partial charge in [0.05, 0.1) is 0 Å². The SMILES string of the molecule is CC(C)(C)OC(=O)Cn1c[n+](N)cn1. The molecule has 0 spiro atoms. The smallest absolute Gasteiger partial charge is 0.344 e. The Labute approximate surface area is 82.2 Å². The average molecular weight is 199 g/mol. The Balaban J connectivity index is 2.50. The Morgan fingerprint density at radius 3 is 2.71 bits per heavy atom. The Morgan fingerprint density at radius 1 is 1.64 bits per heavy atom. The summed E-state index contributed by atoms with van der Waals surface area (Å²) in [5.41, 5.74) is -0.469. The number of rotatable bonds is 2. The van der Waals surface area contributed by atoms with Crippen LogP contribution in [0.1, 0.15) is 20.8 Å². The van der Waals surface area contributed by atoms with Crippen LogP contribution in [0.25, 0.3) is 0 Å². The molecule has 0 atom stereocenters. The molecule has 1 aromatic rings. The summed E-state index contributed by atoms with van der Waals surface area (Å²) in [6.07, 6.45) is 2.91. The topological polar surface area (TPSA) is 74.0 Å². The van der Waals surface area contributed by atoms with Crippen molar-refractivity contribution in [2.75, 3.05) is 5.84 Å². The number of nitrogens with zero attached hydrogens (tertiary/aromatic N) is 3. The van der Waals surface area contributed by atoms with Crippen molar-refractivity contribution in [3.8, 4) is 0 Å². The van der Waals surface area contributed by atoms with Crippen LogP contribution in [0.15, 0.2) is 12.7 Å². The zero-order valence-corrected chi connectivity index (χ0v) is 8.60. The molecule has 0 saturated heterocycles. The first kappa shape index (κ1) is 10.5. The number of hydrogen-bond donors (Lipinski definition) is 1. The molecular formula is C8H15N4O2+. The second-order valence-corrected chi connectivity index (χ2v) is 3.98. The molecule has 0 aliphatic heterocycles. The molecule has 0 aliphatic carbocycles. The molecule has 1 rings (SSSR count). The van der Waals surface area contributed by atoms with Crippen LogP contribution in [0.2, 0.25) is 0 Å². The number of carbonyl (C=O) groups excluding carboxylic acids is 1. The minimum absolute atomic E-state index is 0.0709. The zero-order chi connectivity index (χ0) is 10.8. The van der Waals surface area contributed by atoms with E-state index in [9.17, 15) is 4.79 Å². The summed E-state index contributed by atoms with van der Waals surface area (Å²) in [6, 6.07) is 0. The van der Waals surface area contributed by atoms with E-state index in [0.717, 1.165) is 0 Å². The van der Waals surface area contributed by atoms with Gasteiger partial charge < -0.3 is 4.74 Å². The Morgan fingerprint density at radius 2 is 2.29 bits per heavy atom. The third-order valence-corrected chi connectivity index (χ3v) is 1.31. The normalized spacial score (nSPS) is 11.4. The van der Waals surface area contributed by atoms with Crippen LogP contribution in [0.5, 0.6) is 0 Å². The average Bonchev–Trinajstić information content (AvgIpc) is 2.30. The third kappa shape index (κ3) is 3.42. The number of nitrogen functional groups attached to an aromatic ring is 1. The first-order valence-corrected chi connectivity index (χ1v) is 4.27. The summed E-state index contributed by atoms with van der Waals surface area (Å²) in [4.78, 5) is 11.3. The zero-order valence-electron chi connectivity index (χ0n) is 8.60. The van der Waals surface area contributed by atoms with E-state index in [-0.39, 0.29) is 12.5 Å². The van der Waals surface area contributed by atoms with Crippen LogP contribution >= 0.6 is 0 Å². The van der Waals surface area contributed by atoms with E-state index in [1.165, 1.54) is 22.0 Å². The number of nitrogens with two attached hydrogens (primary N) is 1. The van der Waals surface area contributed by atoms with Gasteiger partial charge >= 0.3 is 5.97 Å². The molecule has 0 fully saturated rings. The third-order valence-electron chi connectivity index (χ3n) is 1.31. The van der Waals surface area contributed by atoms with E-state index in [2.05, 4.69) is 5.10 Å². The standard InChI is InChI=1S/C8H15N4O2/c1-8(2,3)14-7(13)4-12-6-11(9)5-10-12/h5-6H,4,9H2,1-3H3/q+1. The summed E-state index contributed by atoms with van der Waals surface area (Å²) < 4.78 is 7.78. The lowest BCUT2D eigenvalue weighted by Crippen LogP contribution is -2.42. The molecule has 0 amide bonds. The number of ether oxygens (including phenoxy) is 1. The van der Waals surface area contributed by atoms with Gasteiger partial charge in [0, 0.05) is 5.10 Å². The van der Waals surface area contributed by atoms with Gasteiger partial charge in [-0.05, 0) is 20.8 Å². The Kier molecular flexibility index (Phi) is 2.73. The maximum absolute atomic E-state index is 11.3. The summed E-state index contributed by atoms with van der Waals surface area (Å²) in [6.45, 7) is 5.52. The van der Waals surface area contributed by atoms with Crippen molar-refractivity contribution in [2.45, 2.75) is 32.9 Å². The first-order chi connectivity index (χ1) is 6.37. The summed E-state index contributed by atoms with van der Waals surface area (Å²) in [5.74, 6) is 5.03. The predicted octanol–water partition coefficient (Wildman–Crippen LogP) is -0.774. The van der Waals surface area contributed by atoms with Crippen molar-refractivity contribution in [1.82, 2.24) is 9.78 Å². The number of esters is 1. The minimum atomic E-state index is -0.469. The van der Waals surface area contributed by atoms with E-state index >= 15 is 0 Å². The molecule has 0 saturated carbocycles. The molecule has 6 nitrogen and oxygen atoms in total. The molecule has 0 aromatic carbocycles. The van der Waals surface area contributed by atoms with Crippen LogP contribution in [-0.4, -0.2) is 21.4 Å². The molecule has 78 valence electrons. The second kappa shape index (κ2) is 3.65. The summed E-state index contributed by atoms with van der Waals surface area (Å²) >= 11 is 0. The van der Waals surface area contributed by atoms with Crippen LogP contribution in [0.4, 0.5) is 0 Å². The second-order valence-electron chi connectivity index (χ2n) is 3.98. The number of aromatic nitrogens is 3. The predicted molar refractivity (Wildman–Crippen MR) is 48.4 cm³/mol. The molecule has 1 heterocycles. The van der Waals surface area contributed by atoms with E-state index in [0.29, 0.717) is 0 Å². The van der Waals surface area contributed by atoms with E-state index in [4.69, 9.17) is 10.6 Å². The molecule has 0 unspecified atom stereocenters. The van der Waals surface area contributed by atoms with Gasteiger partial charge in [0.25, 0.3) is 6.33 Å². The largest absolute Gasteiger partial charge is 0.458 e. The fourth-order valence-electron chi connectivity index (χ4n) is 0.927. The van der Waals surface area contributed by atoms with Crippen molar-refractivity contribution in [3.63, 3.8) is 0 Å².